The van der Waals surface area contributed by atoms with Crippen LogP contribution in [0, 0.1) is 6.92 Å². The van der Waals surface area contributed by atoms with Crippen LogP contribution in [0.15, 0.2) is 47.4 Å². The van der Waals surface area contributed by atoms with Crippen molar-refractivity contribution < 1.29 is 17.9 Å². The predicted molar refractivity (Wildman–Crippen MR) is 129 cm³/mol. The van der Waals surface area contributed by atoms with E-state index in [2.05, 4.69) is 26.1 Å². The number of ether oxygens (including phenoxy) is 1. The minimum absolute atomic E-state index is 0.0798. The molecular formula is C22H29ClN2O4S2. The zero-order valence-corrected chi connectivity index (χ0v) is 20.8. The summed E-state index contributed by atoms with van der Waals surface area (Å²) in [4.78, 5) is 12.7. The highest BCUT2D eigenvalue weighted by atomic mass is 35.5. The Morgan fingerprint density at radius 2 is 1.81 bits per heavy atom. The van der Waals surface area contributed by atoms with Crippen molar-refractivity contribution in [3.63, 3.8) is 0 Å². The Balaban J connectivity index is 2.34. The first-order valence-corrected chi connectivity index (χ1v) is 12.6. The Labute approximate surface area is 194 Å². The Kier molecular flexibility index (Phi) is 8.68. The van der Waals surface area contributed by atoms with Crippen molar-refractivity contribution in [1.82, 2.24) is 5.32 Å². The second kappa shape index (κ2) is 10.6. The van der Waals surface area contributed by atoms with Gasteiger partial charge in [-0.25, -0.2) is 8.42 Å². The van der Waals surface area contributed by atoms with Crippen LogP contribution in [0.4, 0.5) is 5.69 Å². The fourth-order valence-electron chi connectivity index (χ4n) is 2.73. The molecule has 0 aliphatic heterocycles. The molecular weight excluding hydrogens is 456 g/mol. The second-order valence-corrected chi connectivity index (χ2v) is 12.2. The number of hydrogen-bond donors (Lipinski definition) is 1. The Morgan fingerprint density at radius 3 is 2.39 bits per heavy atom. The van der Waals surface area contributed by atoms with E-state index in [0.29, 0.717) is 17.3 Å². The molecule has 0 aliphatic carbocycles. The SMILES string of the molecule is COc1ccc(Cl)cc1N(CC(=O)NCCSC(C)(C)C)S(=O)(=O)c1ccc(C)cc1. The Bertz CT molecular complexity index is 1000. The molecule has 0 spiro atoms. The number of aryl methyl sites for hydroxylation is 1. The number of halogens is 1. The van der Waals surface area contributed by atoms with Crippen LogP contribution < -0.4 is 14.4 Å². The molecule has 2 rings (SSSR count). The number of thioether (sulfide) groups is 1. The fraction of sp³-hybridized carbons (Fsp3) is 0.409. The highest BCUT2D eigenvalue weighted by Gasteiger charge is 2.29. The highest BCUT2D eigenvalue weighted by molar-refractivity contribution is 8.00. The number of hydrogen-bond acceptors (Lipinski definition) is 5. The summed E-state index contributed by atoms with van der Waals surface area (Å²) in [5.74, 6) is 0.615. The molecule has 0 aliphatic rings. The molecule has 0 unspecified atom stereocenters. The van der Waals surface area contributed by atoms with Gasteiger partial charge in [0.15, 0.2) is 0 Å². The van der Waals surface area contributed by atoms with Gasteiger partial charge in [0.25, 0.3) is 10.0 Å². The van der Waals surface area contributed by atoms with Gasteiger partial charge < -0.3 is 10.1 Å². The lowest BCUT2D eigenvalue weighted by Crippen LogP contribution is -2.41. The first kappa shape index (κ1) is 25.4. The molecule has 1 N–H and O–H groups in total. The van der Waals surface area contributed by atoms with Gasteiger partial charge in [0.1, 0.15) is 12.3 Å². The minimum Gasteiger partial charge on any atom is -0.495 e. The minimum atomic E-state index is -4.04. The number of carbonyl (C=O) groups is 1. The van der Waals surface area contributed by atoms with Gasteiger partial charge in [0, 0.05) is 22.1 Å². The number of amides is 1. The highest BCUT2D eigenvalue weighted by Crippen LogP contribution is 2.34. The molecule has 31 heavy (non-hydrogen) atoms. The van der Waals surface area contributed by atoms with Gasteiger partial charge in [-0.05, 0) is 37.3 Å². The lowest BCUT2D eigenvalue weighted by molar-refractivity contribution is -0.119. The molecule has 2 aromatic rings. The van der Waals surface area contributed by atoms with Crippen LogP contribution in [0.3, 0.4) is 0 Å². The van der Waals surface area contributed by atoms with Crippen molar-refractivity contribution in [3.05, 3.63) is 53.1 Å². The smallest absolute Gasteiger partial charge is 0.264 e. The molecule has 0 radical (unpaired) electrons. The van der Waals surface area contributed by atoms with E-state index in [4.69, 9.17) is 16.3 Å². The number of sulfonamides is 1. The molecule has 0 bridgehead atoms. The summed E-state index contributed by atoms with van der Waals surface area (Å²) in [6.07, 6.45) is 0. The number of carbonyl (C=O) groups excluding carboxylic acids is 1. The standard InChI is InChI=1S/C22H29ClN2O4S2/c1-16-6-9-18(10-7-16)31(27,28)25(19-14-17(23)8-11-20(19)29-5)15-21(26)24-12-13-30-22(2,3)4/h6-11,14H,12-13,15H2,1-5H3,(H,24,26). The van der Waals surface area contributed by atoms with Gasteiger partial charge in [-0.15, -0.1) is 0 Å². The topological polar surface area (TPSA) is 75.7 Å². The van der Waals surface area contributed by atoms with E-state index in [0.717, 1.165) is 15.6 Å². The number of nitrogens with zero attached hydrogens (tertiary/aromatic N) is 1. The van der Waals surface area contributed by atoms with Gasteiger partial charge in [0.05, 0.1) is 17.7 Å². The molecule has 6 nitrogen and oxygen atoms in total. The number of benzene rings is 2. The third-order valence-electron chi connectivity index (χ3n) is 4.27. The average molecular weight is 485 g/mol. The fourth-order valence-corrected chi connectivity index (χ4v) is 5.14. The molecule has 170 valence electrons. The van der Waals surface area contributed by atoms with Gasteiger partial charge in [0.2, 0.25) is 5.91 Å². The summed E-state index contributed by atoms with van der Waals surface area (Å²) >= 11 is 7.85. The van der Waals surface area contributed by atoms with Gasteiger partial charge in [-0.3, -0.25) is 9.10 Å². The van der Waals surface area contributed by atoms with E-state index in [1.165, 1.54) is 25.3 Å². The van der Waals surface area contributed by atoms with Crippen LogP contribution in [0.1, 0.15) is 26.3 Å². The van der Waals surface area contributed by atoms with Gasteiger partial charge >= 0.3 is 0 Å². The maximum atomic E-state index is 13.5. The molecule has 2 aromatic carbocycles. The lowest BCUT2D eigenvalue weighted by atomic mass is 10.2. The number of methoxy groups -OCH3 is 1. The quantitative estimate of drug-likeness (QED) is 0.530. The van der Waals surface area contributed by atoms with Crippen molar-refractivity contribution in [2.24, 2.45) is 0 Å². The summed E-state index contributed by atoms with van der Waals surface area (Å²) in [5, 5.41) is 3.14. The van der Waals surface area contributed by atoms with Crippen LogP contribution in [0.5, 0.6) is 5.75 Å². The maximum Gasteiger partial charge on any atom is 0.264 e. The summed E-state index contributed by atoms with van der Waals surface area (Å²) in [6, 6.07) is 11.1. The molecule has 0 saturated heterocycles. The second-order valence-electron chi connectivity index (χ2n) is 7.95. The molecule has 0 aromatic heterocycles. The predicted octanol–water partition coefficient (Wildman–Crippen LogP) is 4.50. The van der Waals surface area contributed by atoms with Crippen molar-refractivity contribution in [2.75, 3.05) is 30.3 Å². The zero-order valence-electron chi connectivity index (χ0n) is 18.4. The summed E-state index contributed by atoms with van der Waals surface area (Å²) < 4.78 is 33.4. The number of rotatable bonds is 9. The molecule has 0 saturated carbocycles. The summed E-state index contributed by atoms with van der Waals surface area (Å²) in [6.45, 7) is 8.21. The third-order valence-corrected chi connectivity index (χ3v) is 7.55. The van der Waals surface area contributed by atoms with Crippen LogP contribution in [0.25, 0.3) is 0 Å². The maximum absolute atomic E-state index is 13.5. The molecule has 9 heteroatoms. The Hall–Kier alpha value is -1.90. The normalized spacial score (nSPS) is 11.8. The van der Waals surface area contributed by atoms with Crippen molar-refractivity contribution >= 4 is 45.0 Å². The van der Waals surface area contributed by atoms with Crippen LogP contribution in [-0.2, 0) is 14.8 Å². The molecule has 0 heterocycles. The monoisotopic (exact) mass is 484 g/mol. The number of anilines is 1. The van der Waals surface area contributed by atoms with E-state index in [-0.39, 0.29) is 15.3 Å². The van der Waals surface area contributed by atoms with E-state index >= 15 is 0 Å². The summed E-state index contributed by atoms with van der Waals surface area (Å²) in [7, 11) is -2.60. The van der Waals surface area contributed by atoms with Gasteiger partial charge in [-0.1, -0.05) is 50.1 Å². The Morgan fingerprint density at radius 1 is 1.16 bits per heavy atom. The third kappa shape index (κ3) is 7.33. The van der Waals surface area contributed by atoms with E-state index in [1.54, 1.807) is 36.0 Å². The zero-order chi connectivity index (χ0) is 23.2. The van der Waals surface area contributed by atoms with Crippen molar-refractivity contribution in [1.29, 1.82) is 0 Å². The van der Waals surface area contributed by atoms with Gasteiger partial charge in [-0.2, -0.15) is 11.8 Å². The first-order valence-electron chi connectivity index (χ1n) is 9.77. The first-order chi connectivity index (χ1) is 14.4. The molecule has 1 amide bonds. The van der Waals surface area contributed by atoms with E-state index in [9.17, 15) is 13.2 Å². The average Bonchev–Trinajstić information content (AvgIpc) is 2.69. The molecule has 0 fully saturated rings. The largest absolute Gasteiger partial charge is 0.495 e. The van der Waals surface area contributed by atoms with Crippen molar-refractivity contribution in [3.8, 4) is 5.75 Å². The molecule has 0 atom stereocenters. The number of nitrogens with one attached hydrogen (secondary N) is 1. The van der Waals surface area contributed by atoms with E-state index in [1.807, 2.05) is 6.92 Å². The van der Waals surface area contributed by atoms with Crippen molar-refractivity contribution in [2.45, 2.75) is 37.3 Å². The van der Waals surface area contributed by atoms with Crippen LogP contribution in [-0.4, -0.2) is 45.0 Å². The van der Waals surface area contributed by atoms with Crippen LogP contribution in [0.2, 0.25) is 5.02 Å². The lowest BCUT2D eigenvalue weighted by Gasteiger charge is -2.26. The summed E-state index contributed by atoms with van der Waals surface area (Å²) in [5.41, 5.74) is 1.13. The van der Waals surface area contributed by atoms with Crippen LogP contribution >= 0.6 is 23.4 Å². The van der Waals surface area contributed by atoms with E-state index < -0.39 is 22.5 Å².